The molecule has 0 saturated carbocycles. The molecule has 1 aromatic carbocycles. The van der Waals surface area contributed by atoms with Crippen LogP contribution in [0.2, 0.25) is 0 Å². The summed E-state index contributed by atoms with van der Waals surface area (Å²) in [6.45, 7) is 8.05. The molecule has 0 bridgehead atoms. The van der Waals surface area contributed by atoms with Crippen molar-refractivity contribution in [3.8, 4) is 0 Å². The first-order chi connectivity index (χ1) is 13.7. The van der Waals surface area contributed by atoms with Crippen molar-refractivity contribution in [1.82, 2.24) is 10.3 Å². The van der Waals surface area contributed by atoms with Crippen LogP contribution in [-0.4, -0.2) is 44.5 Å². The largest absolute Gasteiger partial charge is 0.382 e. The molecule has 1 fully saturated rings. The van der Waals surface area contributed by atoms with Gasteiger partial charge in [0.05, 0.1) is 16.1 Å². The standard InChI is InChI=1S/C19H22N4OS.C3H8/c1-20-8-9-21-19-16(12-24)25-15-6-5-14-13(18(15)19)4-7-17(22-14)23-10-2-3-11-23;1-3-2/h4-7,12,20-21H,2-3,8-11H2,1H3;3H2,1-2H3. The van der Waals surface area contributed by atoms with Crippen molar-refractivity contribution < 1.29 is 4.79 Å². The van der Waals surface area contributed by atoms with E-state index in [-0.39, 0.29) is 0 Å². The fraction of sp³-hybridized carbons (Fsp3) is 0.455. The van der Waals surface area contributed by atoms with E-state index in [2.05, 4.69) is 53.6 Å². The Morgan fingerprint density at radius 3 is 2.57 bits per heavy atom. The highest BCUT2D eigenvalue weighted by atomic mass is 32.1. The maximum Gasteiger partial charge on any atom is 0.162 e. The van der Waals surface area contributed by atoms with Crippen molar-refractivity contribution in [2.45, 2.75) is 33.1 Å². The zero-order chi connectivity index (χ0) is 19.9. The molecule has 3 aromatic rings. The Hall–Kier alpha value is -2.18. The fourth-order valence-corrected chi connectivity index (χ4v) is 4.51. The highest BCUT2D eigenvalue weighted by Crippen LogP contribution is 2.39. The molecule has 150 valence electrons. The lowest BCUT2D eigenvalue weighted by Crippen LogP contribution is -2.18. The summed E-state index contributed by atoms with van der Waals surface area (Å²) < 4.78 is 1.12. The van der Waals surface area contributed by atoms with Crippen LogP contribution in [0.25, 0.3) is 21.0 Å². The molecular formula is C22H30N4OS. The maximum atomic E-state index is 11.5. The summed E-state index contributed by atoms with van der Waals surface area (Å²) >= 11 is 1.54. The Kier molecular flexibility index (Phi) is 7.23. The minimum atomic E-state index is 0.752. The Bertz CT molecular complexity index is 931. The Labute approximate surface area is 171 Å². The number of aromatic nitrogens is 1. The van der Waals surface area contributed by atoms with Crippen LogP contribution < -0.4 is 15.5 Å². The molecule has 0 radical (unpaired) electrons. The summed E-state index contributed by atoms with van der Waals surface area (Å²) in [7, 11) is 1.92. The number of pyridine rings is 1. The van der Waals surface area contributed by atoms with Crippen molar-refractivity contribution in [3.63, 3.8) is 0 Å². The number of benzene rings is 1. The third-order valence-electron chi connectivity index (χ3n) is 4.75. The van der Waals surface area contributed by atoms with Crippen molar-refractivity contribution in [2.24, 2.45) is 0 Å². The number of thiophene rings is 1. The van der Waals surface area contributed by atoms with E-state index >= 15 is 0 Å². The molecule has 3 heterocycles. The zero-order valence-electron chi connectivity index (χ0n) is 17.0. The monoisotopic (exact) mass is 398 g/mol. The van der Waals surface area contributed by atoms with E-state index < -0.39 is 0 Å². The number of nitrogens with one attached hydrogen (secondary N) is 2. The minimum Gasteiger partial charge on any atom is -0.382 e. The number of rotatable bonds is 6. The molecular weight excluding hydrogens is 368 g/mol. The molecule has 0 amide bonds. The lowest BCUT2D eigenvalue weighted by atomic mass is 10.1. The number of hydrogen-bond donors (Lipinski definition) is 2. The maximum absolute atomic E-state index is 11.5. The van der Waals surface area contributed by atoms with E-state index in [9.17, 15) is 4.79 Å². The number of nitrogens with zero attached hydrogens (tertiary/aromatic N) is 2. The molecule has 0 atom stereocenters. The molecule has 0 aliphatic carbocycles. The summed E-state index contributed by atoms with van der Waals surface area (Å²) in [5.74, 6) is 1.06. The van der Waals surface area contributed by atoms with Crippen molar-refractivity contribution in [3.05, 3.63) is 29.1 Å². The first-order valence-corrected chi connectivity index (χ1v) is 11.0. The van der Waals surface area contributed by atoms with E-state index in [0.717, 1.165) is 69.8 Å². The molecule has 28 heavy (non-hydrogen) atoms. The molecule has 6 heteroatoms. The van der Waals surface area contributed by atoms with Gasteiger partial charge in [0.25, 0.3) is 0 Å². The van der Waals surface area contributed by atoms with Crippen molar-refractivity contribution in [1.29, 1.82) is 0 Å². The number of likely N-dealkylation sites (N-methyl/N-ethyl adjacent to an activating group) is 1. The molecule has 0 unspecified atom stereocenters. The molecule has 1 saturated heterocycles. The second-order valence-electron chi connectivity index (χ2n) is 7.07. The smallest absolute Gasteiger partial charge is 0.162 e. The molecule has 5 nitrogen and oxygen atoms in total. The van der Waals surface area contributed by atoms with E-state index in [4.69, 9.17) is 4.98 Å². The lowest BCUT2D eigenvalue weighted by molar-refractivity contribution is 0.112. The van der Waals surface area contributed by atoms with E-state index in [1.54, 1.807) is 0 Å². The summed E-state index contributed by atoms with van der Waals surface area (Å²) in [6.07, 6.45) is 4.68. The van der Waals surface area contributed by atoms with Gasteiger partial charge < -0.3 is 15.5 Å². The average Bonchev–Trinajstić information content (AvgIpc) is 3.36. The van der Waals surface area contributed by atoms with Gasteiger partial charge in [-0.05, 0) is 44.2 Å². The summed E-state index contributed by atoms with van der Waals surface area (Å²) in [6, 6.07) is 8.42. The van der Waals surface area contributed by atoms with Gasteiger partial charge in [0, 0.05) is 41.7 Å². The SMILES string of the molecule is CCC.CNCCNc1c(C=O)sc2ccc3nc(N4CCCC4)ccc3c12. The van der Waals surface area contributed by atoms with E-state index in [1.165, 1.54) is 30.6 Å². The first kappa shape index (κ1) is 20.6. The first-order valence-electron chi connectivity index (χ1n) is 10.2. The van der Waals surface area contributed by atoms with Gasteiger partial charge in [-0.1, -0.05) is 20.3 Å². The number of carbonyl (C=O) groups is 1. The van der Waals surface area contributed by atoms with Crippen LogP contribution >= 0.6 is 11.3 Å². The van der Waals surface area contributed by atoms with E-state index in [1.807, 2.05) is 7.05 Å². The summed E-state index contributed by atoms with van der Waals surface area (Å²) in [5.41, 5.74) is 1.93. The van der Waals surface area contributed by atoms with Crippen LogP contribution in [0.15, 0.2) is 24.3 Å². The second-order valence-corrected chi connectivity index (χ2v) is 8.15. The predicted octanol–water partition coefficient (Wildman–Crippen LogP) is 4.91. The molecule has 2 aromatic heterocycles. The minimum absolute atomic E-state index is 0.752. The van der Waals surface area contributed by atoms with E-state index in [0.29, 0.717) is 0 Å². The van der Waals surface area contributed by atoms with Gasteiger partial charge in [0.15, 0.2) is 6.29 Å². The number of anilines is 2. The van der Waals surface area contributed by atoms with Gasteiger partial charge in [-0.15, -0.1) is 11.3 Å². The van der Waals surface area contributed by atoms with Crippen molar-refractivity contribution >= 4 is 50.1 Å². The van der Waals surface area contributed by atoms with Crippen LogP contribution in [0.4, 0.5) is 11.5 Å². The highest BCUT2D eigenvalue weighted by Gasteiger charge is 2.17. The van der Waals surface area contributed by atoms with Crippen LogP contribution in [-0.2, 0) is 0 Å². The second kappa shape index (κ2) is 9.85. The Balaban J connectivity index is 0.000000706. The van der Waals surface area contributed by atoms with Gasteiger partial charge in [-0.25, -0.2) is 4.98 Å². The van der Waals surface area contributed by atoms with Crippen LogP contribution in [0, 0.1) is 0 Å². The number of carbonyl (C=O) groups excluding carboxylic acids is 1. The molecule has 1 aliphatic heterocycles. The van der Waals surface area contributed by atoms with Gasteiger partial charge >= 0.3 is 0 Å². The summed E-state index contributed by atoms with van der Waals surface area (Å²) in [4.78, 5) is 19.5. The Morgan fingerprint density at radius 2 is 1.89 bits per heavy atom. The molecule has 1 aliphatic rings. The average molecular weight is 399 g/mol. The highest BCUT2D eigenvalue weighted by molar-refractivity contribution is 7.21. The quantitative estimate of drug-likeness (QED) is 0.456. The normalized spacial score (nSPS) is 13.6. The van der Waals surface area contributed by atoms with Crippen LogP contribution in [0.1, 0.15) is 42.8 Å². The van der Waals surface area contributed by atoms with Gasteiger partial charge in [-0.2, -0.15) is 0 Å². The van der Waals surface area contributed by atoms with Crippen LogP contribution in [0.5, 0.6) is 0 Å². The van der Waals surface area contributed by atoms with Gasteiger partial charge in [0.2, 0.25) is 0 Å². The number of hydrogen-bond acceptors (Lipinski definition) is 6. The third kappa shape index (κ3) is 4.28. The third-order valence-corrected chi connectivity index (χ3v) is 5.83. The van der Waals surface area contributed by atoms with Crippen LogP contribution in [0.3, 0.4) is 0 Å². The molecule has 4 rings (SSSR count). The lowest BCUT2D eigenvalue weighted by Gasteiger charge is -2.17. The topological polar surface area (TPSA) is 57.3 Å². The molecule has 2 N–H and O–H groups in total. The zero-order valence-corrected chi connectivity index (χ0v) is 17.9. The number of aldehydes is 1. The van der Waals surface area contributed by atoms with Crippen molar-refractivity contribution in [2.75, 3.05) is 43.4 Å². The summed E-state index contributed by atoms with van der Waals surface area (Å²) in [5, 5.41) is 8.78. The van der Waals surface area contributed by atoms with Gasteiger partial charge in [-0.3, -0.25) is 4.79 Å². The number of fused-ring (bicyclic) bond motifs is 3. The Morgan fingerprint density at radius 1 is 1.14 bits per heavy atom. The fourth-order valence-electron chi connectivity index (χ4n) is 3.50. The van der Waals surface area contributed by atoms with Gasteiger partial charge in [0.1, 0.15) is 5.82 Å². The predicted molar refractivity (Wildman–Crippen MR) is 122 cm³/mol. The molecule has 0 spiro atoms.